The first-order valence-corrected chi connectivity index (χ1v) is 8.19. The first kappa shape index (κ1) is 16.1. The maximum absolute atomic E-state index is 12.4. The van der Waals surface area contributed by atoms with Crippen LogP contribution in [-0.4, -0.2) is 27.6 Å². The third-order valence-corrected chi connectivity index (χ3v) is 4.43. The largest absolute Gasteiger partial charge is 0.493 e. The third-order valence-electron chi connectivity index (χ3n) is 3.07. The molecule has 0 bridgehead atoms. The highest BCUT2D eigenvalue weighted by Gasteiger charge is 2.17. The molecule has 118 valence electrons. The molecule has 0 spiro atoms. The molecule has 0 aliphatic rings. The van der Waals surface area contributed by atoms with Crippen LogP contribution in [-0.2, 0) is 16.4 Å². The van der Waals surface area contributed by atoms with Crippen molar-refractivity contribution in [2.45, 2.75) is 18.2 Å². The molecule has 1 aromatic heterocycles. The molecule has 0 aliphatic heterocycles. The van der Waals surface area contributed by atoms with Gasteiger partial charge in [0.05, 0.1) is 19.1 Å². The van der Waals surface area contributed by atoms with Crippen LogP contribution in [0.25, 0.3) is 0 Å². The number of hydrogen-bond acceptors (Lipinski definition) is 5. The van der Waals surface area contributed by atoms with Gasteiger partial charge in [0.15, 0.2) is 11.5 Å². The van der Waals surface area contributed by atoms with E-state index in [2.05, 4.69) is 9.71 Å². The van der Waals surface area contributed by atoms with E-state index in [9.17, 15) is 8.42 Å². The van der Waals surface area contributed by atoms with E-state index in [1.165, 1.54) is 26.4 Å². The van der Waals surface area contributed by atoms with Crippen LogP contribution in [0.5, 0.6) is 11.5 Å². The van der Waals surface area contributed by atoms with Crippen LogP contribution in [0, 0.1) is 0 Å². The Balaban J connectivity index is 2.33. The fourth-order valence-corrected chi connectivity index (χ4v) is 2.93. The normalized spacial score (nSPS) is 11.0. The molecule has 2 aromatic rings. The summed E-state index contributed by atoms with van der Waals surface area (Å²) in [6.45, 7) is 1.95. The van der Waals surface area contributed by atoms with Gasteiger partial charge in [-0.05, 0) is 30.7 Å². The van der Waals surface area contributed by atoms with Gasteiger partial charge < -0.3 is 9.47 Å². The molecular formula is C15H18N2O4S. The number of benzene rings is 1. The Hall–Kier alpha value is -2.28. The number of aryl methyl sites for hydroxylation is 1. The van der Waals surface area contributed by atoms with Crippen LogP contribution in [0.1, 0.15) is 12.6 Å². The van der Waals surface area contributed by atoms with E-state index in [1.807, 2.05) is 13.0 Å². The van der Waals surface area contributed by atoms with Gasteiger partial charge in [-0.2, -0.15) is 0 Å². The molecule has 6 nitrogen and oxygen atoms in total. The van der Waals surface area contributed by atoms with Gasteiger partial charge in [-0.15, -0.1) is 0 Å². The van der Waals surface area contributed by atoms with E-state index in [4.69, 9.17) is 9.47 Å². The molecule has 0 aliphatic carbocycles. The number of hydrogen-bond donors (Lipinski definition) is 1. The highest BCUT2D eigenvalue weighted by molar-refractivity contribution is 7.92. The van der Waals surface area contributed by atoms with Crippen LogP contribution < -0.4 is 14.2 Å². The highest BCUT2D eigenvalue weighted by atomic mass is 32.2. The summed E-state index contributed by atoms with van der Waals surface area (Å²) in [5.41, 5.74) is 0.813. The quantitative estimate of drug-likeness (QED) is 0.884. The number of pyridine rings is 1. The van der Waals surface area contributed by atoms with Crippen LogP contribution in [0.3, 0.4) is 0 Å². The minimum Gasteiger partial charge on any atom is -0.493 e. The van der Waals surface area contributed by atoms with Crippen molar-refractivity contribution in [3.8, 4) is 11.5 Å². The fraction of sp³-hybridized carbons (Fsp3) is 0.267. The van der Waals surface area contributed by atoms with E-state index in [0.717, 1.165) is 12.1 Å². The lowest BCUT2D eigenvalue weighted by Crippen LogP contribution is -2.14. The van der Waals surface area contributed by atoms with Crippen LogP contribution in [0.4, 0.5) is 5.82 Å². The van der Waals surface area contributed by atoms with E-state index in [0.29, 0.717) is 11.5 Å². The van der Waals surface area contributed by atoms with Gasteiger partial charge >= 0.3 is 0 Å². The summed E-state index contributed by atoms with van der Waals surface area (Å²) in [6.07, 6.45) is 0.728. The Kier molecular flexibility index (Phi) is 4.87. The number of aromatic nitrogens is 1. The summed E-state index contributed by atoms with van der Waals surface area (Å²) in [5, 5.41) is 0. The zero-order valence-corrected chi connectivity index (χ0v) is 13.5. The summed E-state index contributed by atoms with van der Waals surface area (Å²) in [7, 11) is -0.801. The molecule has 1 heterocycles. The molecule has 0 radical (unpaired) electrons. The van der Waals surface area contributed by atoms with Crippen LogP contribution >= 0.6 is 0 Å². The van der Waals surface area contributed by atoms with Crippen molar-refractivity contribution >= 4 is 15.8 Å². The summed E-state index contributed by atoms with van der Waals surface area (Å²) in [6, 6.07) is 9.62. The SMILES string of the molecule is CCc1cccc(NS(=O)(=O)c2ccc(OC)c(OC)c2)n1. The Morgan fingerprint density at radius 1 is 1.09 bits per heavy atom. The number of sulfonamides is 1. The maximum Gasteiger partial charge on any atom is 0.263 e. The molecule has 2 rings (SSSR count). The highest BCUT2D eigenvalue weighted by Crippen LogP contribution is 2.29. The summed E-state index contributed by atoms with van der Waals surface area (Å²) < 4.78 is 37.5. The number of methoxy groups -OCH3 is 2. The van der Waals surface area contributed by atoms with Crippen molar-refractivity contribution in [2.24, 2.45) is 0 Å². The Labute approximate surface area is 130 Å². The monoisotopic (exact) mass is 322 g/mol. The van der Waals surface area contributed by atoms with Crippen molar-refractivity contribution in [1.82, 2.24) is 4.98 Å². The van der Waals surface area contributed by atoms with Gasteiger partial charge in [-0.3, -0.25) is 4.72 Å². The third kappa shape index (κ3) is 3.48. The van der Waals surface area contributed by atoms with E-state index in [1.54, 1.807) is 18.2 Å². The number of ether oxygens (including phenoxy) is 2. The van der Waals surface area contributed by atoms with Crippen molar-refractivity contribution < 1.29 is 17.9 Å². The first-order valence-electron chi connectivity index (χ1n) is 6.71. The standard InChI is InChI=1S/C15H18N2O4S/c1-4-11-6-5-7-15(16-11)17-22(18,19)12-8-9-13(20-2)14(10-12)21-3/h5-10H,4H2,1-3H3,(H,16,17). The molecule has 0 atom stereocenters. The van der Waals surface area contributed by atoms with Gasteiger partial charge in [0, 0.05) is 11.8 Å². The molecule has 0 fully saturated rings. The topological polar surface area (TPSA) is 77.5 Å². The maximum atomic E-state index is 12.4. The molecule has 0 saturated heterocycles. The lowest BCUT2D eigenvalue weighted by molar-refractivity contribution is 0.354. The molecular weight excluding hydrogens is 304 g/mol. The first-order chi connectivity index (χ1) is 10.5. The van der Waals surface area contributed by atoms with Crippen molar-refractivity contribution in [1.29, 1.82) is 0 Å². The zero-order chi connectivity index (χ0) is 16.2. The van der Waals surface area contributed by atoms with E-state index in [-0.39, 0.29) is 10.7 Å². The van der Waals surface area contributed by atoms with Gasteiger partial charge in [-0.25, -0.2) is 13.4 Å². The van der Waals surface area contributed by atoms with Crippen LogP contribution in [0.15, 0.2) is 41.3 Å². The lowest BCUT2D eigenvalue weighted by Gasteiger charge is -2.11. The number of nitrogens with zero attached hydrogens (tertiary/aromatic N) is 1. The number of rotatable bonds is 6. The van der Waals surface area contributed by atoms with Gasteiger partial charge in [-0.1, -0.05) is 13.0 Å². The zero-order valence-electron chi connectivity index (χ0n) is 12.7. The predicted octanol–water partition coefficient (Wildman–Crippen LogP) is 2.46. The second-order valence-corrected chi connectivity index (χ2v) is 6.17. The second-order valence-electron chi connectivity index (χ2n) is 4.49. The smallest absolute Gasteiger partial charge is 0.263 e. The molecule has 0 unspecified atom stereocenters. The molecule has 0 saturated carbocycles. The predicted molar refractivity (Wildman–Crippen MR) is 84.0 cm³/mol. The fourth-order valence-electron chi connectivity index (χ4n) is 1.91. The van der Waals surface area contributed by atoms with E-state index < -0.39 is 10.0 Å². The van der Waals surface area contributed by atoms with Gasteiger partial charge in [0.1, 0.15) is 5.82 Å². The molecule has 1 aromatic carbocycles. The average Bonchev–Trinajstić information content (AvgIpc) is 2.53. The number of nitrogens with one attached hydrogen (secondary N) is 1. The summed E-state index contributed by atoms with van der Waals surface area (Å²) in [4.78, 5) is 4.31. The van der Waals surface area contributed by atoms with Crippen molar-refractivity contribution in [3.63, 3.8) is 0 Å². The number of anilines is 1. The Morgan fingerprint density at radius 3 is 2.45 bits per heavy atom. The minimum atomic E-state index is -3.74. The molecule has 22 heavy (non-hydrogen) atoms. The minimum absolute atomic E-state index is 0.0776. The molecule has 0 amide bonds. The van der Waals surface area contributed by atoms with Gasteiger partial charge in [0.25, 0.3) is 10.0 Å². The lowest BCUT2D eigenvalue weighted by atomic mass is 10.3. The van der Waals surface area contributed by atoms with E-state index >= 15 is 0 Å². The average molecular weight is 322 g/mol. The van der Waals surface area contributed by atoms with Crippen molar-refractivity contribution in [3.05, 3.63) is 42.1 Å². The Bertz CT molecular complexity index is 760. The molecule has 1 N–H and O–H groups in total. The Morgan fingerprint density at radius 2 is 1.82 bits per heavy atom. The summed E-state index contributed by atoms with van der Waals surface area (Å²) in [5.74, 6) is 1.10. The second kappa shape index (κ2) is 6.65. The molecule has 7 heteroatoms. The van der Waals surface area contributed by atoms with Gasteiger partial charge in [0.2, 0.25) is 0 Å². The van der Waals surface area contributed by atoms with Crippen LogP contribution in [0.2, 0.25) is 0 Å². The summed E-state index contributed by atoms with van der Waals surface area (Å²) >= 11 is 0. The van der Waals surface area contributed by atoms with Crippen molar-refractivity contribution in [2.75, 3.05) is 18.9 Å².